The van der Waals surface area contributed by atoms with Gasteiger partial charge >= 0.3 is 14.8 Å². The molecule has 0 saturated heterocycles. The van der Waals surface area contributed by atoms with Crippen LogP contribution in [0.1, 0.15) is 20.8 Å². The topological polar surface area (TPSA) is 18.5 Å². The molecule has 0 fully saturated rings. The van der Waals surface area contributed by atoms with Gasteiger partial charge in [-0.2, -0.15) is 0 Å². The summed E-state index contributed by atoms with van der Waals surface area (Å²) in [6.07, 6.45) is 0. The van der Waals surface area contributed by atoms with Gasteiger partial charge in [0.15, 0.2) is 0 Å². The van der Waals surface area contributed by atoms with Crippen molar-refractivity contribution >= 4 is 27.2 Å². The van der Waals surface area contributed by atoms with Crippen molar-refractivity contribution in [2.75, 3.05) is 13.2 Å². The molecule has 0 saturated carbocycles. The van der Waals surface area contributed by atoms with Gasteiger partial charge in [-0.3, -0.25) is 0 Å². The smallest absolute Gasteiger partial charge is 0.479 e. The lowest BCUT2D eigenvalue weighted by Gasteiger charge is -2.07. The molecule has 0 aromatic heterocycles. The van der Waals surface area contributed by atoms with Gasteiger partial charge in [-0.15, -0.1) is 12.4 Å². The summed E-state index contributed by atoms with van der Waals surface area (Å²) in [4.78, 5) is 0. The van der Waals surface area contributed by atoms with E-state index in [0.717, 1.165) is 18.5 Å². The van der Waals surface area contributed by atoms with E-state index in [-0.39, 0.29) is 12.4 Å². The molecule has 0 spiro atoms. The molecule has 10 heavy (non-hydrogen) atoms. The highest BCUT2D eigenvalue weighted by Gasteiger charge is 2.19. The number of halogens is 1. The first-order chi connectivity index (χ1) is 4.35. The SMILES string of the molecule is CC[O][Al]([CH2]C)[O]CC.Cl. The molecule has 0 aliphatic rings. The van der Waals surface area contributed by atoms with Crippen LogP contribution in [0.4, 0.5) is 0 Å². The molecular formula is C6H16AlClO2. The minimum atomic E-state index is -1.21. The lowest BCUT2D eigenvalue weighted by Crippen LogP contribution is -2.21. The van der Waals surface area contributed by atoms with Crippen LogP contribution in [0.25, 0.3) is 0 Å². The van der Waals surface area contributed by atoms with Crippen molar-refractivity contribution in [2.24, 2.45) is 0 Å². The number of hydrogen-bond donors (Lipinski definition) is 0. The van der Waals surface area contributed by atoms with Crippen LogP contribution >= 0.6 is 12.4 Å². The summed E-state index contributed by atoms with van der Waals surface area (Å²) >= 11 is -1.21. The molecule has 62 valence electrons. The predicted molar refractivity (Wildman–Crippen MR) is 46.7 cm³/mol. The second kappa shape index (κ2) is 9.74. The fraction of sp³-hybridized carbons (Fsp3) is 1.00. The van der Waals surface area contributed by atoms with E-state index >= 15 is 0 Å². The molecule has 0 unspecified atom stereocenters. The van der Waals surface area contributed by atoms with Crippen LogP contribution in [0, 0.1) is 0 Å². The Kier molecular flexibility index (Phi) is 13.0. The van der Waals surface area contributed by atoms with E-state index in [2.05, 4.69) is 6.92 Å². The minimum Gasteiger partial charge on any atom is -0.479 e. The number of rotatable bonds is 5. The Bertz CT molecular complexity index is 57.7. The maximum Gasteiger partial charge on any atom is 0.674 e. The van der Waals surface area contributed by atoms with Crippen LogP contribution in [-0.2, 0) is 7.58 Å². The van der Waals surface area contributed by atoms with E-state index in [0.29, 0.717) is 0 Å². The van der Waals surface area contributed by atoms with Crippen molar-refractivity contribution in [1.29, 1.82) is 0 Å². The third-order valence-electron chi connectivity index (χ3n) is 1.04. The third-order valence-corrected chi connectivity index (χ3v) is 3.12. The summed E-state index contributed by atoms with van der Waals surface area (Å²) in [6.45, 7) is 7.72. The Morgan fingerprint density at radius 3 is 1.60 bits per heavy atom. The Morgan fingerprint density at radius 1 is 1.00 bits per heavy atom. The monoisotopic (exact) mass is 182 g/mol. The zero-order chi connectivity index (χ0) is 7.11. The fourth-order valence-electron chi connectivity index (χ4n) is 0.656. The molecule has 0 radical (unpaired) electrons. The van der Waals surface area contributed by atoms with Crippen LogP contribution in [0.5, 0.6) is 0 Å². The van der Waals surface area contributed by atoms with Crippen molar-refractivity contribution in [3.8, 4) is 0 Å². The Morgan fingerprint density at radius 2 is 1.40 bits per heavy atom. The van der Waals surface area contributed by atoms with E-state index in [9.17, 15) is 0 Å². The van der Waals surface area contributed by atoms with E-state index in [4.69, 9.17) is 7.58 Å². The number of hydrogen-bond acceptors (Lipinski definition) is 2. The predicted octanol–water partition coefficient (Wildman–Crippen LogP) is 1.99. The zero-order valence-electron chi connectivity index (χ0n) is 6.92. The standard InChI is InChI=1S/2C2H5O.C2H5.Al.ClH/c2*1-2-3;1-2;;/h2*2H2,1H3;1H2,2H3;;1H/q2*-1;;+2;. The van der Waals surface area contributed by atoms with Gasteiger partial charge in [0.05, 0.1) is 0 Å². The van der Waals surface area contributed by atoms with E-state index in [1.807, 2.05) is 13.8 Å². The lowest BCUT2D eigenvalue weighted by atomic mass is 10.9. The fourth-order valence-corrected chi connectivity index (χ4v) is 1.97. The molecule has 0 atom stereocenters. The molecule has 0 rings (SSSR count). The summed E-state index contributed by atoms with van der Waals surface area (Å²) in [5, 5.41) is 1.07. The van der Waals surface area contributed by atoms with Crippen LogP contribution in [-0.4, -0.2) is 28.0 Å². The van der Waals surface area contributed by atoms with E-state index in [1.165, 1.54) is 0 Å². The Labute approximate surface area is 74.4 Å². The van der Waals surface area contributed by atoms with Crippen molar-refractivity contribution in [3.63, 3.8) is 0 Å². The molecule has 0 heterocycles. The second-order valence-electron chi connectivity index (χ2n) is 1.75. The summed E-state index contributed by atoms with van der Waals surface area (Å²) in [5.41, 5.74) is 0. The molecule has 0 aliphatic carbocycles. The summed E-state index contributed by atoms with van der Waals surface area (Å²) in [6, 6.07) is 0. The highest BCUT2D eigenvalue weighted by molar-refractivity contribution is 6.44. The van der Waals surface area contributed by atoms with Gasteiger partial charge < -0.3 is 7.58 Å². The minimum absolute atomic E-state index is 0. The molecule has 0 aromatic carbocycles. The van der Waals surface area contributed by atoms with Gasteiger partial charge in [0.25, 0.3) is 0 Å². The molecule has 0 N–H and O–H groups in total. The van der Waals surface area contributed by atoms with Crippen molar-refractivity contribution in [3.05, 3.63) is 0 Å². The molecule has 2 nitrogen and oxygen atoms in total. The van der Waals surface area contributed by atoms with Crippen LogP contribution in [0.2, 0.25) is 5.28 Å². The zero-order valence-corrected chi connectivity index (χ0v) is 8.89. The first-order valence-corrected chi connectivity index (χ1v) is 5.34. The second-order valence-corrected chi connectivity index (χ2v) is 4.09. The summed E-state index contributed by atoms with van der Waals surface area (Å²) in [5.74, 6) is 0. The summed E-state index contributed by atoms with van der Waals surface area (Å²) in [7, 11) is 0. The maximum absolute atomic E-state index is 5.35. The van der Waals surface area contributed by atoms with Crippen LogP contribution < -0.4 is 0 Å². The highest BCUT2D eigenvalue weighted by atomic mass is 35.5. The lowest BCUT2D eigenvalue weighted by molar-refractivity contribution is 0.214. The van der Waals surface area contributed by atoms with Gasteiger partial charge in [-0.05, 0) is 19.1 Å². The third kappa shape index (κ3) is 6.86. The normalized spacial score (nSPS) is 8.70. The largest absolute Gasteiger partial charge is 0.674 e. The van der Waals surface area contributed by atoms with E-state index in [1.54, 1.807) is 0 Å². The van der Waals surface area contributed by atoms with Gasteiger partial charge in [0, 0.05) is 13.2 Å². The van der Waals surface area contributed by atoms with Crippen LogP contribution in [0.15, 0.2) is 0 Å². The molecule has 4 heteroatoms. The highest BCUT2D eigenvalue weighted by Crippen LogP contribution is 1.94. The van der Waals surface area contributed by atoms with E-state index < -0.39 is 14.8 Å². The molecule has 0 bridgehead atoms. The maximum atomic E-state index is 5.35. The van der Waals surface area contributed by atoms with Gasteiger partial charge in [0.2, 0.25) is 0 Å². The quantitative estimate of drug-likeness (QED) is 0.606. The van der Waals surface area contributed by atoms with Crippen molar-refractivity contribution in [2.45, 2.75) is 26.1 Å². The molecule has 0 amide bonds. The first-order valence-electron chi connectivity index (χ1n) is 3.58. The molecular weight excluding hydrogens is 166 g/mol. The van der Waals surface area contributed by atoms with Gasteiger partial charge in [0.1, 0.15) is 0 Å². The molecule has 0 aromatic rings. The molecule has 0 aliphatic heterocycles. The van der Waals surface area contributed by atoms with Crippen molar-refractivity contribution < 1.29 is 7.58 Å². The first kappa shape index (κ1) is 13.3. The average molecular weight is 183 g/mol. The van der Waals surface area contributed by atoms with Crippen molar-refractivity contribution in [1.82, 2.24) is 0 Å². The summed E-state index contributed by atoms with van der Waals surface area (Å²) < 4.78 is 10.7. The van der Waals surface area contributed by atoms with Gasteiger partial charge in [-0.25, -0.2) is 0 Å². The van der Waals surface area contributed by atoms with Crippen LogP contribution in [0.3, 0.4) is 0 Å². The Hall–Kier alpha value is 0.742. The van der Waals surface area contributed by atoms with Gasteiger partial charge in [-0.1, -0.05) is 6.92 Å². The average Bonchev–Trinajstić information content (AvgIpc) is 1.88. The Balaban J connectivity index is 0.